The van der Waals surface area contributed by atoms with Crippen molar-refractivity contribution in [3.63, 3.8) is 0 Å². The lowest BCUT2D eigenvalue weighted by Crippen LogP contribution is -2.17. The van der Waals surface area contributed by atoms with Crippen molar-refractivity contribution >= 4 is 23.4 Å². The van der Waals surface area contributed by atoms with Gasteiger partial charge in [0.2, 0.25) is 0 Å². The van der Waals surface area contributed by atoms with E-state index in [0.29, 0.717) is 33.1 Å². The summed E-state index contributed by atoms with van der Waals surface area (Å²) in [5, 5.41) is 11.9. The molecular formula is C21H18ClFN6OS. The van der Waals surface area contributed by atoms with Crippen molar-refractivity contribution in [1.29, 1.82) is 0 Å². The summed E-state index contributed by atoms with van der Waals surface area (Å²) >= 11 is 7.22. The number of pyridine rings is 2. The Hall–Kier alpha value is -2.88. The number of aliphatic hydroxyl groups is 1. The van der Waals surface area contributed by atoms with Gasteiger partial charge in [-0.3, -0.25) is 4.98 Å². The molecule has 0 saturated carbocycles. The number of hydrogen-bond acceptors (Lipinski definition) is 7. The molecule has 0 aliphatic carbocycles. The van der Waals surface area contributed by atoms with Crippen LogP contribution in [0.1, 0.15) is 19.5 Å². The number of rotatable bonds is 5. The number of imidazole rings is 1. The van der Waals surface area contributed by atoms with Gasteiger partial charge in [0.25, 0.3) is 0 Å². The number of aromatic nitrogens is 6. The molecule has 0 aliphatic heterocycles. The number of halogens is 2. The third kappa shape index (κ3) is 4.58. The summed E-state index contributed by atoms with van der Waals surface area (Å²) in [4.78, 5) is 21.8. The molecule has 4 rings (SSSR count). The topological polar surface area (TPSA) is 89.6 Å². The van der Waals surface area contributed by atoms with Crippen molar-refractivity contribution in [2.24, 2.45) is 7.05 Å². The van der Waals surface area contributed by atoms with Crippen LogP contribution >= 0.6 is 23.4 Å². The molecule has 4 heterocycles. The molecule has 10 heteroatoms. The highest BCUT2D eigenvalue weighted by atomic mass is 35.5. The molecule has 7 nitrogen and oxygen atoms in total. The molecule has 0 saturated heterocycles. The minimum atomic E-state index is -1.05. The minimum absolute atomic E-state index is 0.422. The third-order valence-corrected chi connectivity index (χ3v) is 5.70. The lowest BCUT2D eigenvalue weighted by Gasteiger charge is -2.16. The maximum atomic E-state index is 13.4. The molecule has 158 valence electrons. The van der Waals surface area contributed by atoms with Crippen molar-refractivity contribution in [1.82, 2.24) is 29.5 Å². The van der Waals surface area contributed by atoms with E-state index in [2.05, 4.69) is 19.9 Å². The Bertz CT molecular complexity index is 1210. The largest absolute Gasteiger partial charge is 0.384 e. The molecule has 31 heavy (non-hydrogen) atoms. The summed E-state index contributed by atoms with van der Waals surface area (Å²) in [6.45, 7) is 3.35. The van der Waals surface area contributed by atoms with Gasteiger partial charge in [-0.25, -0.2) is 24.3 Å². The lowest BCUT2D eigenvalue weighted by molar-refractivity contribution is 0.0739. The molecule has 0 unspecified atom stereocenters. The van der Waals surface area contributed by atoms with E-state index < -0.39 is 11.4 Å². The Labute approximate surface area is 187 Å². The van der Waals surface area contributed by atoms with Crippen LogP contribution in [0.3, 0.4) is 0 Å². The van der Waals surface area contributed by atoms with E-state index in [9.17, 15) is 9.50 Å². The van der Waals surface area contributed by atoms with Gasteiger partial charge >= 0.3 is 0 Å². The molecule has 1 N–H and O–H groups in total. The maximum Gasteiger partial charge on any atom is 0.193 e. The van der Waals surface area contributed by atoms with Crippen molar-refractivity contribution in [3.05, 3.63) is 65.6 Å². The summed E-state index contributed by atoms with van der Waals surface area (Å²) in [6, 6.07) is 6.51. The fourth-order valence-electron chi connectivity index (χ4n) is 2.86. The first-order valence-electron chi connectivity index (χ1n) is 9.25. The Morgan fingerprint density at radius 1 is 1.00 bits per heavy atom. The van der Waals surface area contributed by atoms with E-state index in [4.69, 9.17) is 16.6 Å². The van der Waals surface area contributed by atoms with E-state index >= 15 is 0 Å². The van der Waals surface area contributed by atoms with Crippen LogP contribution in [-0.2, 0) is 12.6 Å². The van der Waals surface area contributed by atoms with Crippen molar-refractivity contribution in [2.75, 3.05) is 0 Å². The quantitative estimate of drug-likeness (QED) is 0.442. The van der Waals surface area contributed by atoms with Crippen LogP contribution in [0.2, 0.25) is 5.02 Å². The van der Waals surface area contributed by atoms with E-state index in [1.54, 1.807) is 32.2 Å². The fourth-order valence-corrected chi connectivity index (χ4v) is 3.83. The first-order valence-corrected chi connectivity index (χ1v) is 10.4. The van der Waals surface area contributed by atoms with Crippen LogP contribution in [0.4, 0.5) is 4.39 Å². The Morgan fingerprint density at radius 3 is 2.32 bits per heavy atom. The minimum Gasteiger partial charge on any atom is -0.384 e. The second-order valence-corrected chi connectivity index (χ2v) is 8.68. The zero-order valence-corrected chi connectivity index (χ0v) is 18.5. The molecule has 0 atom stereocenters. The maximum absolute atomic E-state index is 13.4. The van der Waals surface area contributed by atoms with Gasteiger partial charge < -0.3 is 9.67 Å². The van der Waals surface area contributed by atoms with E-state index in [1.165, 1.54) is 30.2 Å². The van der Waals surface area contributed by atoms with E-state index in [-0.39, 0.29) is 0 Å². The van der Waals surface area contributed by atoms with Gasteiger partial charge in [0.1, 0.15) is 27.8 Å². The van der Waals surface area contributed by atoms with Gasteiger partial charge in [0.15, 0.2) is 11.0 Å². The van der Waals surface area contributed by atoms with Crippen LogP contribution in [0.15, 0.2) is 59.2 Å². The number of nitrogens with zero attached hydrogens (tertiary/aromatic N) is 6. The van der Waals surface area contributed by atoms with Gasteiger partial charge in [-0.1, -0.05) is 11.6 Å². The standard InChI is InChI=1S/C21H18ClFN6OS/c1-21(2,30)16-7-4-12(8-25-16)17-19(31-20-26-9-13(22)10-27-20)29(3)18(28-17)15-6-5-14(23)11-24-15/h4-11,30H,1-3H3. The average Bonchev–Trinajstić information content (AvgIpc) is 3.06. The predicted molar refractivity (Wildman–Crippen MR) is 116 cm³/mol. The predicted octanol–water partition coefficient (Wildman–Crippen LogP) is 4.51. The Morgan fingerprint density at radius 2 is 1.74 bits per heavy atom. The summed E-state index contributed by atoms with van der Waals surface area (Å²) in [7, 11) is 1.84. The van der Waals surface area contributed by atoms with Gasteiger partial charge in [0.05, 0.1) is 29.3 Å². The zero-order chi connectivity index (χ0) is 22.2. The summed E-state index contributed by atoms with van der Waals surface area (Å²) in [6.07, 6.45) is 5.85. The van der Waals surface area contributed by atoms with E-state index in [0.717, 1.165) is 16.8 Å². The SMILES string of the molecule is Cn1c(-c2ccc(F)cn2)nc(-c2ccc(C(C)(C)O)nc2)c1Sc1ncc(Cl)cn1. The van der Waals surface area contributed by atoms with Crippen LogP contribution in [-0.4, -0.2) is 34.6 Å². The van der Waals surface area contributed by atoms with Gasteiger partial charge in [0, 0.05) is 18.8 Å². The summed E-state index contributed by atoms with van der Waals surface area (Å²) in [5.41, 5.74) is 1.40. The van der Waals surface area contributed by atoms with Crippen LogP contribution in [0.5, 0.6) is 0 Å². The Kier molecular flexibility index (Phi) is 5.74. The first kappa shape index (κ1) is 21.4. The summed E-state index contributed by atoms with van der Waals surface area (Å²) in [5.74, 6) is 0.131. The normalized spacial score (nSPS) is 11.7. The highest BCUT2D eigenvalue weighted by Gasteiger charge is 2.22. The lowest BCUT2D eigenvalue weighted by atomic mass is 10.0. The smallest absolute Gasteiger partial charge is 0.193 e. The monoisotopic (exact) mass is 456 g/mol. The highest BCUT2D eigenvalue weighted by Crippen LogP contribution is 2.37. The second-order valence-electron chi connectivity index (χ2n) is 7.29. The van der Waals surface area contributed by atoms with Gasteiger partial charge in [-0.05, 0) is 49.9 Å². The van der Waals surface area contributed by atoms with Crippen LogP contribution in [0.25, 0.3) is 22.8 Å². The van der Waals surface area contributed by atoms with E-state index in [1.807, 2.05) is 17.7 Å². The van der Waals surface area contributed by atoms with Crippen LogP contribution in [0, 0.1) is 5.82 Å². The highest BCUT2D eigenvalue weighted by molar-refractivity contribution is 7.99. The molecule has 0 aliphatic rings. The molecule has 0 amide bonds. The molecule has 0 radical (unpaired) electrons. The van der Waals surface area contributed by atoms with Crippen LogP contribution < -0.4 is 0 Å². The molecule has 4 aromatic heterocycles. The molecule has 0 bridgehead atoms. The third-order valence-electron chi connectivity index (χ3n) is 4.45. The average molecular weight is 457 g/mol. The molecule has 0 spiro atoms. The number of hydrogen-bond donors (Lipinski definition) is 1. The van der Waals surface area contributed by atoms with Gasteiger partial charge in [-0.15, -0.1) is 0 Å². The molecule has 0 fully saturated rings. The van der Waals surface area contributed by atoms with Crippen molar-refractivity contribution in [2.45, 2.75) is 29.6 Å². The fraction of sp³-hybridized carbons (Fsp3) is 0.190. The van der Waals surface area contributed by atoms with Crippen molar-refractivity contribution < 1.29 is 9.50 Å². The van der Waals surface area contributed by atoms with Crippen molar-refractivity contribution in [3.8, 4) is 22.8 Å². The summed E-state index contributed by atoms with van der Waals surface area (Å²) < 4.78 is 15.2. The molecule has 4 aromatic rings. The Balaban J connectivity index is 1.82. The molecule has 0 aromatic carbocycles. The van der Waals surface area contributed by atoms with Gasteiger partial charge in [-0.2, -0.15) is 0 Å². The molecular weight excluding hydrogens is 439 g/mol. The zero-order valence-electron chi connectivity index (χ0n) is 16.9. The second kappa shape index (κ2) is 8.33. The first-order chi connectivity index (χ1) is 14.7.